The Bertz CT molecular complexity index is 1220. The Hall–Kier alpha value is -3.09. The summed E-state index contributed by atoms with van der Waals surface area (Å²) in [5.41, 5.74) is 3.61. The van der Waals surface area contributed by atoms with E-state index in [1.54, 1.807) is 13.2 Å². The lowest BCUT2D eigenvalue weighted by Crippen LogP contribution is -2.05. The minimum atomic E-state index is 0.0428. The molecule has 0 fully saturated rings. The number of carbonyl (C=O) groups excluding carboxylic acids is 1. The van der Waals surface area contributed by atoms with Crippen molar-refractivity contribution in [2.45, 2.75) is 18.5 Å². The molecule has 0 atom stereocenters. The van der Waals surface area contributed by atoms with Crippen LogP contribution in [0, 0.1) is 0 Å². The largest absolute Gasteiger partial charge is 0.495 e. The summed E-state index contributed by atoms with van der Waals surface area (Å²) in [6.07, 6.45) is 0.943. The van der Waals surface area contributed by atoms with Gasteiger partial charge in [0, 0.05) is 11.1 Å². The van der Waals surface area contributed by atoms with E-state index in [1.807, 2.05) is 71.3 Å². The molecule has 0 radical (unpaired) electrons. The van der Waals surface area contributed by atoms with Crippen LogP contribution in [0.25, 0.3) is 17.1 Å². The van der Waals surface area contributed by atoms with Crippen LogP contribution < -0.4 is 4.74 Å². The molecule has 4 aromatic rings. The van der Waals surface area contributed by atoms with Crippen molar-refractivity contribution in [2.75, 3.05) is 12.9 Å². The van der Waals surface area contributed by atoms with Gasteiger partial charge >= 0.3 is 0 Å². The number of halogens is 1. The van der Waals surface area contributed by atoms with Crippen molar-refractivity contribution in [3.8, 4) is 22.8 Å². The summed E-state index contributed by atoms with van der Waals surface area (Å²) < 4.78 is 7.20. The summed E-state index contributed by atoms with van der Waals surface area (Å²) in [6.45, 7) is 2.09. The van der Waals surface area contributed by atoms with Gasteiger partial charge in [0.2, 0.25) is 0 Å². The number of Topliss-reactive ketones (excluding diaryl/α,β-unsaturated/α-hetero) is 1. The van der Waals surface area contributed by atoms with E-state index in [-0.39, 0.29) is 11.5 Å². The van der Waals surface area contributed by atoms with Crippen LogP contribution in [-0.4, -0.2) is 33.4 Å². The molecule has 3 aromatic carbocycles. The number of benzene rings is 3. The van der Waals surface area contributed by atoms with Gasteiger partial charge < -0.3 is 4.74 Å². The molecule has 162 valence electrons. The van der Waals surface area contributed by atoms with Gasteiger partial charge in [0.05, 0.1) is 23.6 Å². The predicted octanol–water partition coefficient (Wildman–Crippen LogP) is 6.13. The zero-order valence-corrected chi connectivity index (χ0v) is 19.4. The minimum absolute atomic E-state index is 0.0428. The molecule has 0 unspecified atom stereocenters. The van der Waals surface area contributed by atoms with Crippen LogP contribution in [0.2, 0.25) is 5.02 Å². The molecule has 5 nitrogen and oxygen atoms in total. The number of ketones is 1. The maximum atomic E-state index is 12.8. The van der Waals surface area contributed by atoms with Crippen molar-refractivity contribution >= 4 is 29.1 Å². The third-order valence-electron chi connectivity index (χ3n) is 5.08. The molecule has 1 heterocycles. The summed E-state index contributed by atoms with van der Waals surface area (Å²) in [5, 5.41) is 9.90. The second kappa shape index (κ2) is 10.0. The number of thioether (sulfide) groups is 1. The van der Waals surface area contributed by atoms with E-state index in [0.29, 0.717) is 27.3 Å². The highest BCUT2D eigenvalue weighted by atomic mass is 35.5. The van der Waals surface area contributed by atoms with Crippen LogP contribution in [-0.2, 0) is 6.42 Å². The van der Waals surface area contributed by atoms with Gasteiger partial charge in [-0.05, 0) is 30.2 Å². The minimum Gasteiger partial charge on any atom is -0.495 e. The Kier molecular flexibility index (Phi) is 6.93. The molecular weight excluding hydrogens is 442 g/mol. The lowest BCUT2D eigenvalue weighted by molar-refractivity contribution is 0.102. The second-order valence-electron chi connectivity index (χ2n) is 7.09. The van der Waals surface area contributed by atoms with E-state index in [9.17, 15) is 4.79 Å². The Morgan fingerprint density at radius 1 is 1.03 bits per heavy atom. The van der Waals surface area contributed by atoms with Crippen molar-refractivity contribution in [1.82, 2.24) is 14.8 Å². The topological polar surface area (TPSA) is 57.0 Å². The van der Waals surface area contributed by atoms with Gasteiger partial charge in [-0.2, -0.15) is 0 Å². The molecule has 1 aromatic heterocycles. The Labute approximate surface area is 196 Å². The van der Waals surface area contributed by atoms with Gasteiger partial charge in [0.1, 0.15) is 5.75 Å². The van der Waals surface area contributed by atoms with Crippen molar-refractivity contribution in [3.63, 3.8) is 0 Å². The van der Waals surface area contributed by atoms with Crippen LogP contribution in [0.5, 0.6) is 5.75 Å². The highest BCUT2D eigenvalue weighted by molar-refractivity contribution is 7.99. The first-order valence-electron chi connectivity index (χ1n) is 10.2. The van der Waals surface area contributed by atoms with E-state index in [1.165, 1.54) is 17.3 Å². The molecule has 0 aliphatic heterocycles. The lowest BCUT2D eigenvalue weighted by atomic mass is 10.1. The van der Waals surface area contributed by atoms with Crippen molar-refractivity contribution in [3.05, 3.63) is 88.9 Å². The van der Waals surface area contributed by atoms with Crippen LogP contribution >= 0.6 is 23.4 Å². The second-order valence-corrected chi connectivity index (χ2v) is 8.44. The molecule has 0 aliphatic carbocycles. The first-order chi connectivity index (χ1) is 15.6. The summed E-state index contributed by atoms with van der Waals surface area (Å²) in [4.78, 5) is 12.8. The highest BCUT2D eigenvalue weighted by Gasteiger charge is 2.18. The first-order valence-corrected chi connectivity index (χ1v) is 11.6. The van der Waals surface area contributed by atoms with Gasteiger partial charge in [-0.15, -0.1) is 10.2 Å². The molecule has 7 heteroatoms. The molecule has 0 spiro atoms. The van der Waals surface area contributed by atoms with E-state index in [2.05, 4.69) is 17.1 Å². The molecule has 0 amide bonds. The summed E-state index contributed by atoms with van der Waals surface area (Å²) >= 11 is 7.74. The van der Waals surface area contributed by atoms with E-state index in [0.717, 1.165) is 17.7 Å². The standard InChI is InChI=1S/C25H22ClN3O2S/c1-3-17-9-11-18(12-10-17)22(30)16-32-25-28-27-24(19-7-5-4-6-8-19)29(25)20-13-14-23(31-2)21(26)15-20/h4-15H,3,16H2,1-2H3. The number of methoxy groups -OCH3 is 1. The number of aromatic nitrogens is 3. The smallest absolute Gasteiger partial charge is 0.196 e. The number of carbonyl (C=O) groups is 1. The van der Waals surface area contributed by atoms with Gasteiger partial charge in [-0.1, -0.05) is 84.9 Å². The van der Waals surface area contributed by atoms with Gasteiger partial charge in [0.25, 0.3) is 0 Å². The molecule has 0 N–H and O–H groups in total. The number of nitrogens with zero attached hydrogens (tertiary/aromatic N) is 3. The average molecular weight is 464 g/mol. The molecular formula is C25H22ClN3O2S. The number of hydrogen-bond acceptors (Lipinski definition) is 5. The number of hydrogen-bond donors (Lipinski definition) is 0. The number of rotatable bonds is 8. The van der Waals surface area contributed by atoms with Gasteiger partial charge in [0.15, 0.2) is 16.8 Å². The molecule has 0 bridgehead atoms. The summed E-state index contributed by atoms with van der Waals surface area (Å²) in [7, 11) is 1.58. The van der Waals surface area contributed by atoms with Crippen LogP contribution in [0.3, 0.4) is 0 Å². The molecule has 0 saturated heterocycles. The monoisotopic (exact) mass is 463 g/mol. The molecule has 0 saturated carbocycles. The van der Waals surface area contributed by atoms with Crippen LogP contribution in [0.15, 0.2) is 78.0 Å². The SMILES string of the molecule is CCc1ccc(C(=O)CSc2nnc(-c3ccccc3)n2-c2ccc(OC)c(Cl)c2)cc1. The normalized spacial score (nSPS) is 10.8. The van der Waals surface area contributed by atoms with Crippen molar-refractivity contribution in [2.24, 2.45) is 0 Å². The van der Waals surface area contributed by atoms with Crippen molar-refractivity contribution < 1.29 is 9.53 Å². The third-order valence-corrected chi connectivity index (χ3v) is 6.30. The quantitative estimate of drug-likeness (QED) is 0.232. The fourth-order valence-corrected chi connectivity index (χ4v) is 4.40. The van der Waals surface area contributed by atoms with Crippen LogP contribution in [0.1, 0.15) is 22.8 Å². The Morgan fingerprint density at radius 3 is 2.44 bits per heavy atom. The van der Waals surface area contributed by atoms with Crippen LogP contribution in [0.4, 0.5) is 0 Å². The van der Waals surface area contributed by atoms with Gasteiger partial charge in [-0.25, -0.2) is 0 Å². The first kappa shape index (κ1) is 22.1. The summed E-state index contributed by atoms with van der Waals surface area (Å²) in [5.74, 6) is 1.56. The maximum Gasteiger partial charge on any atom is 0.196 e. The third kappa shape index (κ3) is 4.71. The molecule has 0 aliphatic rings. The lowest BCUT2D eigenvalue weighted by Gasteiger charge is -2.12. The summed E-state index contributed by atoms with van der Waals surface area (Å²) in [6, 6.07) is 23.1. The van der Waals surface area contributed by atoms with Crippen molar-refractivity contribution in [1.29, 1.82) is 0 Å². The Balaban J connectivity index is 1.66. The Morgan fingerprint density at radius 2 is 1.78 bits per heavy atom. The fourth-order valence-electron chi connectivity index (χ4n) is 3.30. The fraction of sp³-hybridized carbons (Fsp3) is 0.160. The van der Waals surface area contributed by atoms with E-state index in [4.69, 9.17) is 16.3 Å². The average Bonchev–Trinajstić information content (AvgIpc) is 3.27. The maximum absolute atomic E-state index is 12.8. The van der Waals surface area contributed by atoms with E-state index < -0.39 is 0 Å². The van der Waals surface area contributed by atoms with Gasteiger partial charge in [-0.3, -0.25) is 9.36 Å². The molecule has 4 rings (SSSR count). The van der Waals surface area contributed by atoms with E-state index >= 15 is 0 Å². The zero-order valence-electron chi connectivity index (χ0n) is 17.8. The highest BCUT2D eigenvalue weighted by Crippen LogP contribution is 2.32. The molecule has 32 heavy (non-hydrogen) atoms. The zero-order chi connectivity index (χ0) is 22.5. The predicted molar refractivity (Wildman–Crippen MR) is 129 cm³/mol. The number of ether oxygens (including phenoxy) is 1. The number of aryl methyl sites for hydroxylation is 1.